The number of hydrogen-bond acceptors (Lipinski definition) is 5. The minimum absolute atomic E-state index is 0.182. The summed E-state index contributed by atoms with van der Waals surface area (Å²) in [5.74, 6) is -2.02. The number of phenols is 2. The van der Waals surface area contributed by atoms with Crippen molar-refractivity contribution in [3.8, 4) is 11.5 Å². The zero-order chi connectivity index (χ0) is 18.4. The summed E-state index contributed by atoms with van der Waals surface area (Å²) in [5, 5.41) is 22.4. The lowest BCUT2D eigenvalue weighted by Crippen LogP contribution is -2.43. The molecule has 1 amide bonds. The van der Waals surface area contributed by atoms with Crippen LogP contribution in [0.25, 0.3) is 0 Å². The summed E-state index contributed by atoms with van der Waals surface area (Å²) in [5.41, 5.74) is 1.18. The summed E-state index contributed by atoms with van der Waals surface area (Å²) >= 11 is 0. The van der Waals surface area contributed by atoms with Crippen LogP contribution in [0, 0.1) is 6.92 Å². The van der Waals surface area contributed by atoms with Gasteiger partial charge in [0.2, 0.25) is 0 Å². The molecule has 0 aliphatic carbocycles. The van der Waals surface area contributed by atoms with E-state index in [9.17, 15) is 19.8 Å². The maximum atomic E-state index is 12.5. The first-order chi connectivity index (χ1) is 11.9. The Balaban J connectivity index is 2.24. The average molecular weight is 343 g/mol. The Kier molecular flexibility index (Phi) is 6.00. The summed E-state index contributed by atoms with van der Waals surface area (Å²) in [7, 11) is 0. The molecule has 0 aliphatic rings. The lowest BCUT2D eigenvalue weighted by atomic mass is 10.0. The first-order valence-corrected chi connectivity index (χ1v) is 7.96. The van der Waals surface area contributed by atoms with Crippen LogP contribution in [0.4, 0.5) is 0 Å². The topological polar surface area (TPSA) is 95.9 Å². The number of aryl methyl sites for hydroxylation is 1. The van der Waals surface area contributed by atoms with Gasteiger partial charge in [-0.1, -0.05) is 30.3 Å². The lowest BCUT2D eigenvalue weighted by Gasteiger charge is -2.18. The minimum atomic E-state index is -0.935. The van der Waals surface area contributed by atoms with Crippen molar-refractivity contribution in [3.63, 3.8) is 0 Å². The fraction of sp³-hybridized carbons (Fsp3) is 0.263. The van der Waals surface area contributed by atoms with Crippen LogP contribution in [0.1, 0.15) is 28.4 Å². The number of esters is 1. The van der Waals surface area contributed by atoms with E-state index in [2.05, 4.69) is 5.32 Å². The average Bonchev–Trinajstić information content (AvgIpc) is 2.54. The van der Waals surface area contributed by atoms with Gasteiger partial charge in [0, 0.05) is 6.42 Å². The second kappa shape index (κ2) is 8.19. The van der Waals surface area contributed by atoms with E-state index in [0.29, 0.717) is 5.56 Å². The molecule has 0 radical (unpaired) electrons. The molecule has 3 N–H and O–H groups in total. The van der Waals surface area contributed by atoms with Gasteiger partial charge in [0.15, 0.2) is 0 Å². The highest BCUT2D eigenvalue weighted by atomic mass is 16.5. The number of nitrogens with one attached hydrogen (secondary N) is 1. The van der Waals surface area contributed by atoms with Crippen molar-refractivity contribution in [2.24, 2.45) is 0 Å². The molecule has 6 nitrogen and oxygen atoms in total. The molecule has 0 bridgehead atoms. The number of amides is 1. The number of rotatable bonds is 6. The Hall–Kier alpha value is -3.02. The van der Waals surface area contributed by atoms with E-state index in [1.54, 1.807) is 13.8 Å². The van der Waals surface area contributed by atoms with Crippen LogP contribution < -0.4 is 5.32 Å². The molecule has 0 unspecified atom stereocenters. The second-order valence-corrected chi connectivity index (χ2v) is 5.65. The molecular formula is C19H21NO5. The highest BCUT2D eigenvalue weighted by molar-refractivity contribution is 6.01. The van der Waals surface area contributed by atoms with Crippen LogP contribution in [0.5, 0.6) is 11.5 Å². The summed E-state index contributed by atoms with van der Waals surface area (Å²) < 4.78 is 5.01. The molecule has 0 heterocycles. The molecule has 0 saturated heterocycles. The molecule has 6 heteroatoms. The smallest absolute Gasteiger partial charge is 0.328 e. The third-order valence-electron chi connectivity index (χ3n) is 3.63. The molecule has 2 aromatic rings. The first kappa shape index (κ1) is 18.3. The minimum Gasteiger partial charge on any atom is -0.507 e. The molecule has 0 aliphatic heterocycles. The third kappa shape index (κ3) is 4.73. The molecule has 2 aromatic carbocycles. The largest absolute Gasteiger partial charge is 0.507 e. The molecule has 1 atom stereocenters. The number of ether oxygens (including phenoxy) is 1. The van der Waals surface area contributed by atoms with Crippen LogP contribution >= 0.6 is 0 Å². The molecule has 0 aromatic heterocycles. The number of phenolic OH excluding ortho intramolecular Hbond substituents is 2. The first-order valence-electron chi connectivity index (χ1n) is 7.96. The number of carbonyl (C=O) groups excluding carboxylic acids is 2. The standard InChI is InChI=1S/C19H21NO5/c1-3-25-19(24)14(11-13-7-5-4-6-8-13)20-18(23)17-15(21)9-12(2)10-16(17)22/h4-10,14,21-22H,3,11H2,1-2H3,(H,20,23)/t14-/m0/s1. The molecular weight excluding hydrogens is 322 g/mol. The predicted octanol–water partition coefficient (Wildman–Crippen LogP) is 2.31. The van der Waals surface area contributed by atoms with Gasteiger partial charge in [0.1, 0.15) is 23.1 Å². The van der Waals surface area contributed by atoms with E-state index in [1.807, 2.05) is 30.3 Å². The highest BCUT2D eigenvalue weighted by Gasteiger charge is 2.26. The third-order valence-corrected chi connectivity index (χ3v) is 3.63. The summed E-state index contributed by atoms with van der Waals surface area (Å²) in [6, 6.07) is 11.0. The predicted molar refractivity (Wildman–Crippen MR) is 92.5 cm³/mol. The Morgan fingerprint density at radius 3 is 2.28 bits per heavy atom. The van der Waals surface area contributed by atoms with Crippen molar-refractivity contribution in [2.45, 2.75) is 26.3 Å². The summed E-state index contributed by atoms with van der Waals surface area (Å²) in [6.07, 6.45) is 0.235. The molecule has 0 saturated carbocycles. The van der Waals surface area contributed by atoms with Crippen LogP contribution in [0.3, 0.4) is 0 Å². The molecule has 132 valence electrons. The maximum absolute atomic E-state index is 12.5. The van der Waals surface area contributed by atoms with E-state index in [1.165, 1.54) is 12.1 Å². The van der Waals surface area contributed by atoms with Gasteiger partial charge in [-0.2, -0.15) is 0 Å². The van der Waals surface area contributed by atoms with Crippen molar-refractivity contribution in [1.82, 2.24) is 5.32 Å². The summed E-state index contributed by atoms with van der Waals surface area (Å²) in [4.78, 5) is 24.6. The van der Waals surface area contributed by atoms with Crippen molar-refractivity contribution in [1.29, 1.82) is 0 Å². The van der Waals surface area contributed by atoms with Gasteiger partial charge >= 0.3 is 5.97 Å². The van der Waals surface area contributed by atoms with Gasteiger partial charge in [0.25, 0.3) is 5.91 Å². The van der Waals surface area contributed by atoms with Crippen molar-refractivity contribution < 1.29 is 24.5 Å². The van der Waals surface area contributed by atoms with E-state index in [-0.39, 0.29) is 30.1 Å². The number of aromatic hydroxyl groups is 2. The SMILES string of the molecule is CCOC(=O)[C@H](Cc1ccccc1)NC(=O)c1c(O)cc(C)cc1O. The quantitative estimate of drug-likeness (QED) is 0.700. The number of benzene rings is 2. The summed E-state index contributed by atoms with van der Waals surface area (Å²) in [6.45, 7) is 3.54. The Morgan fingerprint density at radius 1 is 1.12 bits per heavy atom. The van der Waals surface area contributed by atoms with Gasteiger partial charge in [0.05, 0.1) is 6.61 Å². The monoisotopic (exact) mass is 343 g/mol. The van der Waals surface area contributed by atoms with Crippen LogP contribution in [-0.2, 0) is 16.0 Å². The van der Waals surface area contributed by atoms with E-state index >= 15 is 0 Å². The van der Waals surface area contributed by atoms with Crippen LogP contribution in [0.2, 0.25) is 0 Å². The molecule has 0 spiro atoms. The Bertz CT molecular complexity index is 735. The normalized spacial score (nSPS) is 11.6. The molecule has 0 fully saturated rings. The second-order valence-electron chi connectivity index (χ2n) is 5.65. The number of carbonyl (C=O) groups is 2. The Labute approximate surface area is 146 Å². The molecule has 25 heavy (non-hydrogen) atoms. The van der Waals surface area contributed by atoms with Crippen molar-refractivity contribution >= 4 is 11.9 Å². The van der Waals surface area contributed by atoms with E-state index in [4.69, 9.17) is 4.74 Å². The lowest BCUT2D eigenvalue weighted by molar-refractivity contribution is -0.145. The van der Waals surface area contributed by atoms with Gasteiger partial charge in [-0.25, -0.2) is 4.79 Å². The van der Waals surface area contributed by atoms with Crippen LogP contribution in [-0.4, -0.2) is 34.7 Å². The maximum Gasteiger partial charge on any atom is 0.328 e. The van der Waals surface area contributed by atoms with Gasteiger partial charge in [-0.3, -0.25) is 4.79 Å². The van der Waals surface area contributed by atoms with E-state index in [0.717, 1.165) is 5.56 Å². The van der Waals surface area contributed by atoms with Crippen molar-refractivity contribution in [2.75, 3.05) is 6.61 Å². The fourth-order valence-electron chi connectivity index (χ4n) is 2.50. The van der Waals surface area contributed by atoms with Gasteiger partial charge in [-0.05, 0) is 37.1 Å². The number of hydrogen-bond donors (Lipinski definition) is 3. The van der Waals surface area contributed by atoms with E-state index < -0.39 is 17.9 Å². The molecule has 2 rings (SSSR count). The highest BCUT2D eigenvalue weighted by Crippen LogP contribution is 2.28. The zero-order valence-corrected chi connectivity index (χ0v) is 14.2. The van der Waals surface area contributed by atoms with Crippen LogP contribution in [0.15, 0.2) is 42.5 Å². The van der Waals surface area contributed by atoms with Gasteiger partial charge in [-0.15, -0.1) is 0 Å². The fourth-order valence-corrected chi connectivity index (χ4v) is 2.50. The Morgan fingerprint density at radius 2 is 1.72 bits per heavy atom. The zero-order valence-electron chi connectivity index (χ0n) is 14.2. The van der Waals surface area contributed by atoms with Gasteiger partial charge < -0.3 is 20.3 Å². The van der Waals surface area contributed by atoms with Crippen molar-refractivity contribution in [3.05, 3.63) is 59.2 Å².